The van der Waals surface area contributed by atoms with E-state index in [1.807, 2.05) is 0 Å². The zero-order valence-corrected chi connectivity index (χ0v) is 11.1. The third-order valence-electron chi connectivity index (χ3n) is 2.16. The van der Waals surface area contributed by atoms with Crippen LogP contribution in [0.1, 0.15) is 10.4 Å². The second kappa shape index (κ2) is 6.61. The quantitative estimate of drug-likeness (QED) is 0.739. The Kier molecular flexibility index (Phi) is 5.43. The molecule has 0 heterocycles. The number of hydrogen-bond acceptors (Lipinski definition) is 4. The van der Waals surface area contributed by atoms with Crippen LogP contribution >= 0.6 is 11.6 Å². The van der Waals surface area contributed by atoms with Gasteiger partial charge in [0.15, 0.2) is 9.84 Å². The maximum absolute atomic E-state index is 11.4. The first kappa shape index (κ1) is 14.8. The van der Waals surface area contributed by atoms with Gasteiger partial charge in [0.05, 0.1) is 17.1 Å². The zero-order chi connectivity index (χ0) is 13.6. The number of anilines is 1. The maximum Gasteiger partial charge on any atom is 0.336 e. The van der Waals surface area contributed by atoms with Crippen LogP contribution < -0.4 is 5.32 Å². The summed E-state index contributed by atoms with van der Waals surface area (Å²) in [5, 5.41) is 11.6. The molecule has 0 unspecified atom stereocenters. The van der Waals surface area contributed by atoms with Crippen molar-refractivity contribution in [3.63, 3.8) is 0 Å². The molecule has 0 aromatic heterocycles. The Bertz CT molecular complexity index is 516. The minimum absolute atomic E-state index is 0.0311. The lowest BCUT2D eigenvalue weighted by molar-refractivity contribution is 0.0696. The summed E-state index contributed by atoms with van der Waals surface area (Å²) in [5.74, 6) is -1.10. The highest BCUT2D eigenvalue weighted by molar-refractivity contribution is 7.91. The molecule has 2 N–H and O–H groups in total. The van der Waals surface area contributed by atoms with Gasteiger partial charge in [-0.25, -0.2) is 13.2 Å². The fourth-order valence-corrected chi connectivity index (χ4v) is 2.83. The summed E-state index contributed by atoms with van der Waals surface area (Å²) in [6.07, 6.45) is 0. The van der Waals surface area contributed by atoms with Crippen LogP contribution in [0.3, 0.4) is 0 Å². The molecule has 1 rings (SSSR count). The Labute approximate surface area is 111 Å². The van der Waals surface area contributed by atoms with Crippen molar-refractivity contribution in [2.24, 2.45) is 0 Å². The van der Waals surface area contributed by atoms with Crippen LogP contribution in [-0.4, -0.2) is 43.4 Å². The summed E-state index contributed by atoms with van der Waals surface area (Å²) in [4.78, 5) is 10.7. The number of alkyl halides is 1. The fraction of sp³-hybridized carbons (Fsp3) is 0.364. The Hall–Kier alpha value is -1.27. The van der Waals surface area contributed by atoms with E-state index in [1.165, 1.54) is 12.1 Å². The number of carboxylic acid groups (broad SMARTS) is 1. The van der Waals surface area contributed by atoms with Gasteiger partial charge < -0.3 is 10.4 Å². The predicted octanol–water partition coefficient (Wildman–Crippen LogP) is 1.25. The van der Waals surface area contributed by atoms with Crippen molar-refractivity contribution in [3.05, 3.63) is 29.8 Å². The van der Waals surface area contributed by atoms with Gasteiger partial charge in [-0.15, -0.1) is 11.6 Å². The summed E-state index contributed by atoms with van der Waals surface area (Å²) >= 11 is 5.37. The minimum atomic E-state index is -3.15. The second-order valence-electron chi connectivity index (χ2n) is 3.56. The molecule has 0 spiro atoms. The predicted molar refractivity (Wildman–Crippen MR) is 70.1 cm³/mol. The molecule has 7 heteroatoms. The smallest absolute Gasteiger partial charge is 0.336 e. The van der Waals surface area contributed by atoms with Crippen LogP contribution in [0.2, 0.25) is 0 Å². The van der Waals surface area contributed by atoms with E-state index in [4.69, 9.17) is 16.7 Å². The van der Waals surface area contributed by atoms with E-state index in [9.17, 15) is 13.2 Å². The van der Waals surface area contributed by atoms with Crippen LogP contribution in [0.4, 0.5) is 5.69 Å². The van der Waals surface area contributed by atoms with E-state index in [1.54, 1.807) is 6.07 Å². The zero-order valence-electron chi connectivity index (χ0n) is 9.52. The number of aromatic carboxylic acids is 1. The number of carboxylic acids is 1. The summed E-state index contributed by atoms with van der Waals surface area (Å²) in [6, 6.07) is 7.06. The number of nitrogens with one attached hydrogen (secondary N) is 1. The Balaban J connectivity index is 2.54. The van der Waals surface area contributed by atoms with Gasteiger partial charge in [-0.3, -0.25) is 0 Å². The average Bonchev–Trinajstić information content (AvgIpc) is 2.29. The first-order chi connectivity index (χ1) is 8.44. The molecule has 0 bridgehead atoms. The highest BCUT2D eigenvalue weighted by Gasteiger charge is 2.09. The molecule has 0 amide bonds. The lowest BCUT2D eigenvalue weighted by Gasteiger charge is -2.07. The monoisotopic (exact) mass is 290 g/mol. The lowest BCUT2D eigenvalue weighted by Crippen LogP contribution is -2.19. The molecule has 1 radical (unpaired) electrons. The molecule has 0 aliphatic carbocycles. The number of rotatable bonds is 7. The largest absolute Gasteiger partial charge is 0.478 e. The van der Waals surface area contributed by atoms with Crippen LogP contribution in [0.15, 0.2) is 18.2 Å². The molecule has 0 atom stereocenters. The van der Waals surface area contributed by atoms with E-state index in [2.05, 4.69) is 11.4 Å². The van der Waals surface area contributed by atoms with Crippen LogP contribution in [-0.2, 0) is 9.84 Å². The van der Waals surface area contributed by atoms with E-state index >= 15 is 0 Å². The van der Waals surface area contributed by atoms with Gasteiger partial charge in [-0.1, -0.05) is 6.07 Å². The topological polar surface area (TPSA) is 83.5 Å². The summed E-state index contributed by atoms with van der Waals surface area (Å²) in [5.41, 5.74) is 0.579. The molecule has 0 saturated heterocycles. The van der Waals surface area contributed by atoms with Gasteiger partial charge in [-0.05, 0) is 18.2 Å². The van der Waals surface area contributed by atoms with Crippen LogP contribution in [0, 0.1) is 6.07 Å². The Morgan fingerprint density at radius 3 is 2.78 bits per heavy atom. The summed E-state index contributed by atoms with van der Waals surface area (Å²) < 4.78 is 22.7. The summed E-state index contributed by atoms with van der Waals surface area (Å²) in [6.45, 7) is 0.211. The number of hydrogen-bond donors (Lipinski definition) is 2. The van der Waals surface area contributed by atoms with E-state index in [0.717, 1.165) is 0 Å². The standard InChI is InChI=1S/C11H13ClNO4S/c12-4-6-18(16,17)7-5-13-10-3-1-2-9(8-10)11(14)15/h1,3,8,13H,4-7H2,(H,14,15). The maximum atomic E-state index is 11.4. The second-order valence-corrected chi connectivity index (χ2v) is 6.25. The van der Waals surface area contributed by atoms with E-state index < -0.39 is 15.8 Å². The number of benzene rings is 1. The molecule has 5 nitrogen and oxygen atoms in total. The molecule has 0 aliphatic heterocycles. The van der Waals surface area contributed by atoms with Crippen molar-refractivity contribution < 1.29 is 18.3 Å². The molecule has 0 fully saturated rings. The van der Waals surface area contributed by atoms with Gasteiger partial charge in [0.2, 0.25) is 0 Å². The molecular weight excluding hydrogens is 278 g/mol. The van der Waals surface area contributed by atoms with Gasteiger partial charge in [0, 0.05) is 18.1 Å². The van der Waals surface area contributed by atoms with Crippen molar-refractivity contribution in [1.82, 2.24) is 0 Å². The van der Waals surface area contributed by atoms with E-state index in [0.29, 0.717) is 5.69 Å². The molecular formula is C11H13ClNO4S. The SMILES string of the molecule is O=C(O)c1[c]ccc(NCCS(=O)(=O)CCCl)c1. The van der Waals surface area contributed by atoms with Crippen LogP contribution in [0.5, 0.6) is 0 Å². The van der Waals surface area contributed by atoms with Gasteiger partial charge >= 0.3 is 5.97 Å². The van der Waals surface area contributed by atoms with Crippen molar-refractivity contribution in [1.29, 1.82) is 0 Å². The van der Waals surface area contributed by atoms with E-state index in [-0.39, 0.29) is 29.5 Å². The highest BCUT2D eigenvalue weighted by Crippen LogP contribution is 2.09. The molecule has 1 aromatic rings. The molecule has 0 aliphatic rings. The fourth-order valence-electron chi connectivity index (χ4n) is 1.27. The van der Waals surface area contributed by atoms with Gasteiger partial charge in [-0.2, -0.15) is 0 Å². The first-order valence-corrected chi connectivity index (χ1v) is 7.55. The van der Waals surface area contributed by atoms with Crippen LogP contribution in [0.25, 0.3) is 0 Å². The normalized spacial score (nSPS) is 11.2. The van der Waals surface area contributed by atoms with Gasteiger partial charge in [0.1, 0.15) is 0 Å². The van der Waals surface area contributed by atoms with Gasteiger partial charge in [0.25, 0.3) is 0 Å². The Morgan fingerprint density at radius 2 is 2.17 bits per heavy atom. The molecule has 1 aromatic carbocycles. The molecule has 99 valence electrons. The minimum Gasteiger partial charge on any atom is -0.478 e. The number of sulfone groups is 1. The highest BCUT2D eigenvalue weighted by atomic mass is 35.5. The molecule has 18 heavy (non-hydrogen) atoms. The third kappa shape index (κ3) is 4.93. The number of halogens is 1. The lowest BCUT2D eigenvalue weighted by atomic mass is 10.2. The summed E-state index contributed by atoms with van der Waals surface area (Å²) in [7, 11) is -3.15. The third-order valence-corrected chi connectivity index (χ3v) is 4.23. The average molecular weight is 291 g/mol. The number of carbonyl (C=O) groups is 1. The van der Waals surface area contributed by atoms with Crippen molar-refractivity contribution in [2.75, 3.05) is 29.2 Å². The van der Waals surface area contributed by atoms with Crippen molar-refractivity contribution in [3.8, 4) is 0 Å². The van der Waals surface area contributed by atoms with Crippen molar-refractivity contribution in [2.45, 2.75) is 0 Å². The molecule has 0 saturated carbocycles. The Morgan fingerprint density at radius 1 is 1.44 bits per heavy atom. The first-order valence-electron chi connectivity index (χ1n) is 5.20. The van der Waals surface area contributed by atoms with Crippen molar-refractivity contribution >= 4 is 33.1 Å².